The van der Waals surface area contributed by atoms with Crippen molar-refractivity contribution in [3.05, 3.63) is 71.5 Å². The minimum atomic E-state index is -1.12. The Morgan fingerprint density at radius 2 is 1.57 bits per heavy atom. The summed E-state index contributed by atoms with van der Waals surface area (Å²) in [4.78, 5) is 0. The smallest absolute Gasteiger partial charge is 0.170 e. The van der Waals surface area contributed by atoms with Gasteiger partial charge in [0.15, 0.2) is 11.6 Å². The summed E-state index contributed by atoms with van der Waals surface area (Å²) >= 11 is 0. The normalized spacial score (nSPS) is 19.9. The number of hydrogen-bond acceptors (Lipinski definition) is 0. The van der Waals surface area contributed by atoms with Gasteiger partial charge in [0.1, 0.15) is 5.82 Å². The highest BCUT2D eigenvalue weighted by Gasteiger charge is 2.19. The molecule has 4 rings (SSSR count). The fourth-order valence-electron chi connectivity index (χ4n) is 4.39. The van der Waals surface area contributed by atoms with Crippen molar-refractivity contribution in [2.45, 2.75) is 45.4 Å². The van der Waals surface area contributed by atoms with Gasteiger partial charge in [0.2, 0.25) is 0 Å². The van der Waals surface area contributed by atoms with Crippen LogP contribution < -0.4 is 0 Å². The van der Waals surface area contributed by atoms with Crippen LogP contribution in [0.25, 0.3) is 21.9 Å². The van der Waals surface area contributed by atoms with Crippen molar-refractivity contribution in [1.82, 2.24) is 0 Å². The summed E-state index contributed by atoms with van der Waals surface area (Å²) in [5.41, 5.74) is 2.00. The maximum absolute atomic E-state index is 14.6. The lowest BCUT2D eigenvalue weighted by atomic mass is 9.80. The molecule has 146 valence electrons. The van der Waals surface area contributed by atoms with Gasteiger partial charge in [-0.1, -0.05) is 69.0 Å². The molecule has 3 aromatic carbocycles. The fourth-order valence-corrected chi connectivity index (χ4v) is 4.39. The van der Waals surface area contributed by atoms with Crippen molar-refractivity contribution in [3.8, 4) is 11.1 Å². The average Bonchev–Trinajstić information content (AvgIpc) is 2.71. The van der Waals surface area contributed by atoms with Gasteiger partial charge in [0, 0.05) is 5.56 Å². The van der Waals surface area contributed by atoms with Crippen LogP contribution in [-0.4, -0.2) is 0 Å². The van der Waals surface area contributed by atoms with Gasteiger partial charge in [0.25, 0.3) is 0 Å². The first-order valence-electron chi connectivity index (χ1n) is 10.2. The highest BCUT2D eigenvalue weighted by atomic mass is 19.2. The zero-order valence-electron chi connectivity index (χ0n) is 16.2. The molecule has 0 heterocycles. The van der Waals surface area contributed by atoms with Crippen LogP contribution in [0, 0.1) is 29.3 Å². The minimum Gasteiger partial charge on any atom is -0.206 e. The second kappa shape index (κ2) is 7.98. The van der Waals surface area contributed by atoms with Crippen LogP contribution in [0.5, 0.6) is 0 Å². The molecular formula is C25H25F3. The molecule has 0 aliphatic heterocycles. The van der Waals surface area contributed by atoms with Crippen molar-refractivity contribution >= 4 is 10.8 Å². The van der Waals surface area contributed by atoms with E-state index in [2.05, 4.69) is 6.92 Å². The van der Waals surface area contributed by atoms with Crippen LogP contribution in [0.15, 0.2) is 48.5 Å². The quantitative estimate of drug-likeness (QED) is 0.434. The first-order chi connectivity index (χ1) is 13.5. The lowest BCUT2D eigenvalue weighted by Crippen LogP contribution is -2.12. The number of rotatable bonds is 4. The number of fused-ring (bicyclic) bond motifs is 1. The third kappa shape index (κ3) is 3.80. The van der Waals surface area contributed by atoms with Crippen LogP contribution in [0.2, 0.25) is 0 Å². The first kappa shape index (κ1) is 19.0. The molecule has 0 bridgehead atoms. The largest absolute Gasteiger partial charge is 0.206 e. The van der Waals surface area contributed by atoms with Crippen LogP contribution >= 0.6 is 0 Å². The Bertz CT molecular complexity index is 967. The number of aryl methyl sites for hydroxylation is 1. The van der Waals surface area contributed by atoms with E-state index >= 15 is 0 Å². The molecule has 0 nitrogen and oxygen atoms in total. The van der Waals surface area contributed by atoms with Crippen molar-refractivity contribution in [2.24, 2.45) is 11.8 Å². The second-order valence-electron chi connectivity index (χ2n) is 8.25. The van der Waals surface area contributed by atoms with Crippen molar-refractivity contribution in [3.63, 3.8) is 0 Å². The fraction of sp³-hybridized carbons (Fsp3) is 0.360. The Morgan fingerprint density at radius 1 is 0.857 bits per heavy atom. The molecule has 1 aliphatic rings. The Labute approximate surface area is 164 Å². The molecular weight excluding hydrogens is 357 g/mol. The molecule has 0 saturated heterocycles. The molecule has 1 fully saturated rings. The molecule has 28 heavy (non-hydrogen) atoms. The summed E-state index contributed by atoms with van der Waals surface area (Å²) in [7, 11) is 0. The Morgan fingerprint density at radius 3 is 2.29 bits per heavy atom. The lowest BCUT2D eigenvalue weighted by Gasteiger charge is -2.26. The van der Waals surface area contributed by atoms with E-state index in [9.17, 15) is 13.2 Å². The van der Waals surface area contributed by atoms with E-state index in [4.69, 9.17) is 0 Å². The van der Waals surface area contributed by atoms with Gasteiger partial charge in [-0.2, -0.15) is 0 Å². The van der Waals surface area contributed by atoms with Crippen LogP contribution in [0.3, 0.4) is 0 Å². The Kier molecular flexibility index (Phi) is 5.43. The SMILES string of the molecule is CC1CCC(CCc2ccc(-c3cc4cccc(F)c4c(F)c3F)cc2)CC1. The van der Waals surface area contributed by atoms with Gasteiger partial charge < -0.3 is 0 Å². The standard InChI is InChI=1S/C25H25F3/c1-16-5-7-17(8-6-16)9-10-18-11-13-19(14-12-18)21-15-20-3-2-4-22(26)23(20)25(28)24(21)27/h2-4,11-17H,5-10H2,1H3. The lowest BCUT2D eigenvalue weighted by molar-refractivity contribution is 0.278. The third-order valence-electron chi connectivity index (χ3n) is 6.24. The first-order valence-corrected chi connectivity index (χ1v) is 10.2. The van der Waals surface area contributed by atoms with Crippen molar-refractivity contribution < 1.29 is 13.2 Å². The van der Waals surface area contributed by atoms with E-state index in [1.165, 1.54) is 49.8 Å². The molecule has 3 heteroatoms. The van der Waals surface area contributed by atoms with E-state index in [0.717, 1.165) is 24.3 Å². The van der Waals surface area contributed by atoms with Crippen molar-refractivity contribution in [1.29, 1.82) is 0 Å². The summed E-state index contributed by atoms with van der Waals surface area (Å²) in [6.07, 6.45) is 7.49. The molecule has 0 unspecified atom stereocenters. The van der Waals surface area contributed by atoms with Crippen LogP contribution in [0.4, 0.5) is 13.2 Å². The Hall–Kier alpha value is -2.29. The van der Waals surface area contributed by atoms with Gasteiger partial charge in [-0.3, -0.25) is 0 Å². The monoisotopic (exact) mass is 382 g/mol. The van der Waals surface area contributed by atoms with E-state index in [1.54, 1.807) is 6.07 Å². The topological polar surface area (TPSA) is 0 Å². The minimum absolute atomic E-state index is 0.170. The molecule has 0 aromatic heterocycles. The summed E-state index contributed by atoms with van der Waals surface area (Å²) < 4.78 is 42.9. The molecule has 0 atom stereocenters. The molecule has 0 radical (unpaired) electrons. The van der Waals surface area contributed by atoms with Gasteiger partial charge >= 0.3 is 0 Å². The zero-order chi connectivity index (χ0) is 19.7. The van der Waals surface area contributed by atoms with E-state index in [1.807, 2.05) is 24.3 Å². The summed E-state index contributed by atoms with van der Waals surface area (Å²) in [6, 6.07) is 13.4. The Balaban J connectivity index is 1.53. The summed E-state index contributed by atoms with van der Waals surface area (Å²) in [5, 5.41) is 0.0756. The van der Waals surface area contributed by atoms with E-state index < -0.39 is 17.5 Å². The molecule has 1 aliphatic carbocycles. The second-order valence-corrected chi connectivity index (χ2v) is 8.25. The number of halogens is 3. The molecule has 3 aromatic rings. The van der Waals surface area contributed by atoms with Gasteiger partial charge in [-0.05, 0) is 53.3 Å². The van der Waals surface area contributed by atoms with Crippen LogP contribution in [-0.2, 0) is 6.42 Å². The van der Waals surface area contributed by atoms with E-state index in [-0.39, 0.29) is 10.9 Å². The molecule has 0 spiro atoms. The number of benzene rings is 3. The molecule has 1 saturated carbocycles. The van der Waals surface area contributed by atoms with Gasteiger partial charge in [0.05, 0.1) is 5.39 Å². The predicted molar refractivity (Wildman–Crippen MR) is 109 cm³/mol. The van der Waals surface area contributed by atoms with Crippen LogP contribution in [0.1, 0.15) is 44.6 Å². The predicted octanol–water partition coefficient (Wildman–Crippen LogP) is 7.68. The van der Waals surface area contributed by atoms with Gasteiger partial charge in [-0.15, -0.1) is 0 Å². The molecule has 0 amide bonds. The third-order valence-corrected chi connectivity index (χ3v) is 6.24. The van der Waals surface area contributed by atoms with Crippen molar-refractivity contribution in [2.75, 3.05) is 0 Å². The highest BCUT2D eigenvalue weighted by Crippen LogP contribution is 2.33. The zero-order valence-corrected chi connectivity index (χ0v) is 16.2. The maximum Gasteiger partial charge on any atom is 0.170 e. The highest BCUT2D eigenvalue weighted by molar-refractivity contribution is 5.88. The number of hydrogen-bond donors (Lipinski definition) is 0. The summed E-state index contributed by atoms with van der Waals surface area (Å²) in [5.74, 6) is -1.20. The average molecular weight is 382 g/mol. The maximum atomic E-state index is 14.6. The van der Waals surface area contributed by atoms with Gasteiger partial charge in [-0.25, -0.2) is 13.2 Å². The summed E-state index contributed by atoms with van der Waals surface area (Å²) in [6.45, 7) is 2.33. The molecule has 0 N–H and O–H groups in total. The van der Waals surface area contributed by atoms with E-state index in [0.29, 0.717) is 10.9 Å².